The fraction of sp³-hybridized carbons (Fsp3) is 0.435. The number of ether oxygens (including phenoxy) is 1. The van der Waals surface area contributed by atoms with E-state index in [1.807, 2.05) is 42.2 Å². The normalized spacial score (nSPS) is 19.1. The number of para-hydroxylation sites is 1. The Morgan fingerprint density at radius 2 is 2.07 bits per heavy atom. The number of nitrogens with zero attached hydrogens (tertiary/aromatic N) is 2. The van der Waals surface area contributed by atoms with E-state index in [-0.39, 0.29) is 23.8 Å². The Bertz CT molecular complexity index is 851. The van der Waals surface area contributed by atoms with Crippen LogP contribution in [0.4, 0.5) is 5.82 Å². The number of hydrogen-bond acceptors (Lipinski definition) is 4. The molecule has 3 rings (SSSR count). The Labute approximate surface area is 172 Å². The number of aryl methyl sites for hydroxylation is 1. The first-order valence-electron chi connectivity index (χ1n) is 10.2. The number of benzene rings is 1. The number of likely N-dealkylation sites (tertiary alicyclic amines) is 1. The van der Waals surface area contributed by atoms with Gasteiger partial charge in [-0.05, 0) is 37.5 Å². The third kappa shape index (κ3) is 4.75. The summed E-state index contributed by atoms with van der Waals surface area (Å²) in [5.41, 5.74) is 1.90. The van der Waals surface area contributed by atoms with Gasteiger partial charge in [0.1, 0.15) is 11.6 Å². The number of piperidine rings is 1. The highest BCUT2D eigenvalue weighted by Crippen LogP contribution is 2.41. The third-order valence-electron chi connectivity index (χ3n) is 5.42. The molecule has 0 unspecified atom stereocenters. The second-order valence-corrected chi connectivity index (χ2v) is 7.48. The maximum atomic E-state index is 13.2. The van der Waals surface area contributed by atoms with E-state index in [1.54, 1.807) is 19.4 Å². The van der Waals surface area contributed by atoms with Gasteiger partial charge in [-0.1, -0.05) is 37.6 Å². The van der Waals surface area contributed by atoms with Crippen molar-refractivity contribution in [2.75, 3.05) is 19.0 Å². The quantitative estimate of drug-likeness (QED) is 0.766. The second kappa shape index (κ2) is 9.54. The van der Waals surface area contributed by atoms with E-state index in [1.165, 1.54) is 0 Å². The molecule has 0 aliphatic carbocycles. The highest BCUT2D eigenvalue weighted by atomic mass is 16.5. The fourth-order valence-corrected chi connectivity index (χ4v) is 3.88. The summed E-state index contributed by atoms with van der Waals surface area (Å²) in [5.74, 6) is 0.818. The fourth-order valence-electron chi connectivity index (χ4n) is 3.88. The van der Waals surface area contributed by atoms with Crippen LogP contribution in [-0.2, 0) is 9.59 Å². The molecule has 154 valence electrons. The SMILES string of the molecule is CCCCN1C(=O)CC[C@H](C(=O)Nc2ccc(C)cn2)[C@H]1c1ccccc1OC. The van der Waals surface area contributed by atoms with E-state index in [0.717, 1.165) is 24.0 Å². The number of unbranched alkanes of at least 4 members (excludes halogenated alkanes) is 1. The van der Waals surface area contributed by atoms with Gasteiger partial charge in [0.25, 0.3) is 0 Å². The lowest BCUT2D eigenvalue weighted by Gasteiger charge is -2.41. The number of pyridine rings is 1. The van der Waals surface area contributed by atoms with E-state index >= 15 is 0 Å². The molecule has 1 N–H and O–H groups in total. The molecule has 29 heavy (non-hydrogen) atoms. The van der Waals surface area contributed by atoms with Crippen molar-refractivity contribution >= 4 is 17.6 Å². The van der Waals surface area contributed by atoms with Gasteiger partial charge in [0.2, 0.25) is 11.8 Å². The predicted octanol–water partition coefficient (Wildman–Crippen LogP) is 4.12. The van der Waals surface area contributed by atoms with Crippen LogP contribution in [0.15, 0.2) is 42.6 Å². The summed E-state index contributed by atoms with van der Waals surface area (Å²) in [6.45, 7) is 4.68. The van der Waals surface area contributed by atoms with Gasteiger partial charge in [-0.25, -0.2) is 4.98 Å². The number of carbonyl (C=O) groups is 2. The summed E-state index contributed by atoms with van der Waals surface area (Å²) >= 11 is 0. The van der Waals surface area contributed by atoms with Gasteiger partial charge >= 0.3 is 0 Å². The number of amides is 2. The van der Waals surface area contributed by atoms with E-state index in [2.05, 4.69) is 17.2 Å². The highest BCUT2D eigenvalue weighted by Gasteiger charge is 2.41. The summed E-state index contributed by atoms with van der Waals surface area (Å²) < 4.78 is 5.56. The largest absolute Gasteiger partial charge is 0.496 e. The maximum absolute atomic E-state index is 13.2. The Kier molecular flexibility index (Phi) is 6.86. The lowest BCUT2D eigenvalue weighted by molar-refractivity contribution is -0.142. The molecule has 6 nitrogen and oxygen atoms in total. The number of nitrogens with one attached hydrogen (secondary N) is 1. The standard InChI is InChI=1S/C23H29N3O3/c1-4-5-14-26-21(27)13-11-18(22(26)17-8-6-7-9-19(17)29-3)23(28)25-20-12-10-16(2)15-24-20/h6-10,12,15,18,22H,4-5,11,13-14H2,1-3H3,(H,24,25,28)/t18-,22+/m0/s1. The number of aromatic nitrogens is 1. The molecule has 1 saturated heterocycles. The summed E-state index contributed by atoms with van der Waals surface area (Å²) in [4.78, 5) is 32.2. The number of hydrogen-bond donors (Lipinski definition) is 1. The van der Waals surface area contributed by atoms with E-state index in [9.17, 15) is 9.59 Å². The van der Waals surface area contributed by atoms with Gasteiger partial charge in [-0.3, -0.25) is 9.59 Å². The van der Waals surface area contributed by atoms with Crippen molar-refractivity contribution in [1.82, 2.24) is 9.88 Å². The molecule has 2 aromatic rings. The van der Waals surface area contributed by atoms with Crippen LogP contribution in [0.5, 0.6) is 5.75 Å². The zero-order valence-electron chi connectivity index (χ0n) is 17.4. The molecule has 1 aromatic heterocycles. The summed E-state index contributed by atoms with van der Waals surface area (Å²) in [5, 5.41) is 2.94. The van der Waals surface area contributed by atoms with Crippen LogP contribution in [0.3, 0.4) is 0 Å². The molecule has 1 aromatic carbocycles. The van der Waals surface area contributed by atoms with Crippen LogP contribution >= 0.6 is 0 Å². The molecule has 1 fully saturated rings. The van der Waals surface area contributed by atoms with Gasteiger partial charge in [-0.15, -0.1) is 0 Å². The van der Waals surface area contributed by atoms with Gasteiger partial charge in [-0.2, -0.15) is 0 Å². The molecule has 0 saturated carbocycles. The monoisotopic (exact) mass is 395 g/mol. The van der Waals surface area contributed by atoms with Crippen molar-refractivity contribution in [3.63, 3.8) is 0 Å². The summed E-state index contributed by atoms with van der Waals surface area (Å²) in [6, 6.07) is 11.0. The van der Waals surface area contributed by atoms with Crippen molar-refractivity contribution in [2.24, 2.45) is 5.92 Å². The molecule has 0 spiro atoms. The second-order valence-electron chi connectivity index (χ2n) is 7.48. The van der Waals surface area contributed by atoms with Crippen LogP contribution in [0.1, 0.15) is 49.8 Å². The topological polar surface area (TPSA) is 71.5 Å². The minimum absolute atomic E-state index is 0.0897. The maximum Gasteiger partial charge on any atom is 0.231 e. The molecule has 2 amide bonds. The lowest BCUT2D eigenvalue weighted by atomic mass is 9.83. The van der Waals surface area contributed by atoms with Gasteiger partial charge in [0.15, 0.2) is 0 Å². The predicted molar refractivity (Wildman–Crippen MR) is 113 cm³/mol. The molecule has 6 heteroatoms. The smallest absolute Gasteiger partial charge is 0.231 e. The average molecular weight is 396 g/mol. The number of methoxy groups -OCH3 is 1. The number of carbonyl (C=O) groups excluding carboxylic acids is 2. The molecule has 2 atom stereocenters. The third-order valence-corrected chi connectivity index (χ3v) is 5.42. The van der Waals surface area contributed by atoms with Crippen molar-refractivity contribution in [2.45, 2.75) is 45.6 Å². The molecule has 1 aliphatic rings. The molecule has 0 bridgehead atoms. The zero-order valence-corrected chi connectivity index (χ0v) is 17.4. The Morgan fingerprint density at radius 3 is 2.76 bits per heavy atom. The molecule has 1 aliphatic heterocycles. The Morgan fingerprint density at radius 1 is 1.28 bits per heavy atom. The van der Waals surface area contributed by atoms with Crippen LogP contribution in [-0.4, -0.2) is 35.4 Å². The number of anilines is 1. The Balaban J connectivity index is 1.94. The van der Waals surface area contributed by atoms with Gasteiger partial charge in [0, 0.05) is 24.7 Å². The number of rotatable bonds is 7. The van der Waals surface area contributed by atoms with Crippen molar-refractivity contribution < 1.29 is 14.3 Å². The first-order chi connectivity index (χ1) is 14.0. The van der Waals surface area contributed by atoms with Crippen LogP contribution in [0.25, 0.3) is 0 Å². The van der Waals surface area contributed by atoms with E-state index < -0.39 is 0 Å². The Hall–Kier alpha value is -2.89. The first kappa shape index (κ1) is 20.8. The molecular weight excluding hydrogens is 366 g/mol. The van der Waals surface area contributed by atoms with Crippen LogP contribution in [0.2, 0.25) is 0 Å². The van der Waals surface area contributed by atoms with Crippen LogP contribution in [0, 0.1) is 12.8 Å². The minimum atomic E-state index is -0.371. The van der Waals surface area contributed by atoms with E-state index in [4.69, 9.17) is 4.74 Å². The molecule has 0 radical (unpaired) electrons. The lowest BCUT2D eigenvalue weighted by Crippen LogP contribution is -2.47. The van der Waals surface area contributed by atoms with Crippen molar-refractivity contribution in [3.05, 3.63) is 53.7 Å². The molecule has 2 heterocycles. The zero-order chi connectivity index (χ0) is 20.8. The van der Waals surface area contributed by atoms with E-state index in [0.29, 0.717) is 31.0 Å². The minimum Gasteiger partial charge on any atom is -0.496 e. The average Bonchev–Trinajstić information content (AvgIpc) is 2.74. The highest BCUT2D eigenvalue weighted by molar-refractivity contribution is 5.94. The van der Waals surface area contributed by atoms with Crippen molar-refractivity contribution in [3.8, 4) is 5.75 Å². The molecular formula is C23H29N3O3. The summed E-state index contributed by atoms with van der Waals surface area (Å²) in [7, 11) is 1.62. The summed E-state index contributed by atoms with van der Waals surface area (Å²) in [6.07, 6.45) is 4.47. The first-order valence-corrected chi connectivity index (χ1v) is 10.2. The van der Waals surface area contributed by atoms with Gasteiger partial charge < -0.3 is 15.0 Å². The van der Waals surface area contributed by atoms with Gasteiger partial charge in [0.05, 0.1) is 19.1 Å². The van der Waals surface area contributed by atoms with Crippen LogP contribution < -0.4 is 10.1 Å². The van der Waals surface area contributed by atoms with Crippen molar-refractivity contribution in [1.29, 1.82) is 0 Å².